The number of benzene rings is 1. The molecule has 1 atom stereocenters. The topological polar surface area (TPSA) is 102 Å². The summed E-state index contributed by atoms with van der Waals surface area (Å²) in [6.07, 6.45) is 1.59. The second kappa shape index (κ2) is 6.37. The second-order valence-corrected chi connectivity index (χ2v) is 8.75. The number of aliphatic hydroxyl groups excluding tert-OH is 1. The van der Waals surface area contributed by atoms with Crippen LogP contribution in [-0.2, 0) is 16.4 Å². The highest BCUT2D eigenvalue weighted by molar-refractivity contribution is 7.89. The van der Waals surface area contributed by atoms with E-state index in [1.54, 1.807) is 13.8 Å². The first kappa shape index (κ1) is 17.5. The lowest BCUT2D eigenvalue weighted by Gasteiger charge is -2.38. The van der Waals surface area contributed by atoms with Crippen LogP contribution in [0.25, 0.3) is 0 Å². The van der Waals surface area contributed by atoms with E-state index in [0.29, 0.717) is 25.1 Å². The van der Waals surface area contributed by atoms with Gasteiger partial charge in [0.2, 0.25) is 10.0 Å². The van der Waals surface area contributed by atoms with Crippen molar-refractivity contribution in [2.45, 2.75) is 50.2 Å². The quantitative estimate of drug-likeness (QED) is 0.825. The van der Waals surface area contributed by atoms with Gasteiger partial charge in [-0.2, -0.15) is 0 Å². The number of rotatable bonds is 5. The Morgan fingerprint density at radius 1 is 1.31 bits per heavy atom. The molecule has 26 heavy (non-hydrogen) atoms. The third kappa shape index (κ3) is 3.02. The lowest BCUT2D eigenvalue weighted by molar-refractivity contribution is 0.0280. The molecule has 7 nitrogen and oxygen atoms in total. The minimum absolute atomic E-state index is 0.0422. The third-order valence-electron chi connectivity index (χ3n) is 5.21. The number of ether oxygens (including phenoxy) is 1. The highest BCUT2D eigenvalue weighted by Gasteiger charge is 2.38. The van der Waals surface area contributed by atoms with E-state index in [4.69, 9.17) is 9.26 Å². The molecule has 0 bridgehead atoms. The van der Waals surface area contributed by atoms with E-state index in [2.05, 4.69) is 9.88 Å². The van der Waals surface area contributed by atoms with Gasteiger partial charge in [0.15, 0.2) is 5.76 Å². The fraction of sp³-hybridized carbons (Fsp3) is 0.500. The van der Waals surface area contributed by atoms with Gasteiger partial charge in [0.05, 0.1) is 12.7 Å². The van der Waals surface area contributed by atoms with Crippen molar-refractivity contribution < 1.29 is 22.8 Å². The standard InChI is InChI=1S/C18H22N2O5S/c1-10-18(11(2)25-19-10)26(22,23)20-17(14-8-15(21)9-14)13-3-4-16-12(7-13)5-6-24-16/h3-4,7,14-15,17,20-21H,5-6,8-9H2,1-2H3. The zero-order valence-corrected chi connectivity index (χ0v) is 15.5. The fourth-order valence-corrected chi connectivity index (χ4v) is 5.45. The molecular weight excluding hydrogens is 356 g/mol. The largest absolute Gasteiger partial charge is 0.493 e. The Morgan fingerprint density at radius 3 is 2.73 bits per heavy atom. The number of nitrogens with one attached hydrogen (secondary N) is 1. The molecule has 0 radical (unpaired) electrons. The molecular formula is C18H22N2O5S. The molecule has 0 amide bonds. The summed E-state index contributed by atoms with van der Waals surface area (Å²) >= 11 is 0. The van der Waals surface area contributed by atoms with Crippen LogP contribution in [0, 0.1) is 19.8 Å². The van der Waals surface area contributed by atoms with Crippen molar-refractivity contribution in [2.24, 2.45) is 5.92 Å². The molecule has 1 aliphatic carbocycles. The monoisotopic (exact) mass is 378 g/mol. The van der Waals surface area contributed by atoms with E-state index in [1.807, 2.05) is 18.2 Å². The first-order valence-corrected chi connectivity index (χ1v) is 10.2. The first-order chi connectivity index (χ1) is 12.3. The maximum Gasteiger partial charge on any atom is 0.246 e. The number of aromatic nitrogens is 1. The second-order valence-electron chi connectivity index (χ2n) is 7.10. The van der Waals surface area contributed by atoms with Crippen LogP contribution >= 0.6 is 0 Å². The van der Waals surface area contributed by atoms with Crippen molar-refractivity contribution in [1.29, 1.82) is 0 Å². The Hall–Kier alpha value is -1.90. The highest BCUT2D eigenvalue weighted by atomic mass is 32.2. The van der Waals surface area contributed by atoms with E-state index in [-0.39, 0.29) is 22.7 Å². The van der Waals surface area contributed by atoms with Crippen LogP contribution in [0.1, 0.15) is 41.5 Å². The fourth-order valence-electron chi connectivity index (χ4n) is 3.82. The van der Waals surface area contributed by atoms with Crippen molar-refractivity contribution in [1.82, 2.24) is 9.88 Å². The summed E-state index contributed by atoms with van der Waals surface area (Å²) < 4.78 is 39.4. The summed E-state index contributed by atoms with van der Waals surface area (Å²) in [6.45, 7) is 3.85. The van der Waals surface area contributed by atoms with Crippen molar-refractivity contribution in [3.8, 4) is 5.75 Å². The van der Waals surface area contributed by atoms with Gasteiger partial charge in [0.1, 0.15) is 16.3 Å². The van der Waals surface area contributed by atoms with Crippen LogP contribution in [0.4, 0.5) is 0 Å². The minimum atomic E-state index is -3.80. The summed E-state index contributed by atoms with van der Waals surface area (Å²) in [4.78, 5) is 0.0897. The summed E-state index contributed by atoms with van der Waals surface area (Å²) in [6, 6.07) is 5.38. The number of hydrogen-bond acceptors (Lipinski definition) is 6. The Morgan fingerprint density at radius 2 is 2.08 bits per heavy atom. The maximum absolute atomic E-state index is 13.0. The Bertz CT molecular complexity index is 912. The maximum atomic E-state index is 13.0. The van der Waals surface area contributed by atoms with Gasteiger partial charge in [-0.05, 0) is 49.8 Å². The predicted octanol–water partition coefficient (Wildman–Crippen LogP) is 2.02. The lowest BCUT2D eigenvalue weighted by atomic mass is 9.75. The first-order valence-electron chi connectivity index (χ1n) is 8.74. The molecule has 140 valence electrons. The lowest BCUT2D eigenvalue weighted by Crippen LogP contribution is -2.41. The molecule has 1 unspecified atom stereocenters. The van der Waals surface area contributed by atoms with E-state index in [0.717, 1.165) is 23.3 Å². The van der Waals surface area contributed by atoms with Gasteiger partial charge in [-0.1, -0.05) is 17.3 Å². The smallest absolute Gasteiger partial charge is 0.246 e. The molecule has 1 fully saturated rings. The van der Waals surface area contributed by atoms with Crippen LogP contribution in [0.15, 0.2) is 27.6 Å². The van der Waals surface area contributed by atoms with Crippen molar-refractivity contribution in [3.05, 3.63) is 40.8 Å². The van der Waals surface area contributed by atoms with Gasteiger partial charge in [-0.15, -0.1) is 0 Å². The Balaban J connectivity index is 1.68. The van der Waals surface area contributed by atoms with Gasteiger partial charge in [0, 0.05) is 12.5 Å². The predicted molar refractivity (Wildman–Crippen MR) is 93.4 cm³/mol. The van der Waals surface area contributed by atoms with Gasteiger partial charge < -0.3 is 14.4 Å². The molecule has 2 aliphatic rings. The molecule has 4 rings (SSSR count). The van der Waals surface area contributed by atoms with Gasteiger partial charge in [0.25, 0.3) is 0 Å². The van der Waals surface area contributed by atoms with E-state index in [1.165, 1.54) is 0 Å². The number of fused-ring (bicyclic) bond motifs is 1. The van der Waals surface area contributed by atoms with E-state index < -0.39 is 16.1 Å². The molecule has 1 aliphatic heterocycles. The average molecular weight is 378 g/mol. The normalized spacial score (nSPS) is 23.2. The third-order valence-corrected chi connectivity index (χ3v) is 6.90. The van der Waals surface area contributed by atoms with Crippen LogP contribution in [-0.4, -0.2) is 31.4 Å². The molecule has 2 N–H and O–H groups in total. The Kier molecular flexibility index (Phi) is 4.29. The summed E-state index contributed by atoms with van der Waals surface area (Å²) in [5, 5.41) is 13.5. The molecule has 1 saturated carbocycles. The van der Waals surface area contributed by atoms with Crippen LogP contribution in [0.5, 0.6) is 5.75 Å². The van der Waals surface area contributed by atoms with E-state index >= 15 is 0 Å². The number of hydrogen-bond donors (Lipinski definition) is 2. The number of aryl methyl sites for hydroxylation is 2. The SMILES string of the molecule is Cc1noc(C)c1S(=O)(=O)NC(c1ccc2c(c1)CCO2)C1CC(O)C1. The number of aliphatic hydroxyl groups is 1. The zero-order valence-electron chi connectivity index (χ0n) is 14.7. The van der Waals surface area contributed by atoms with Crippen LogP contribution in [0.2, 0.25) is 0 Å². The van der Waals surface area contributed by atoms with Gasteiger partial charge >= 0.3 is 0 Å². The van der Waals surface area contributed by atoms with Gasteiger partial charge in [-0.25, -0.2) is 13.1 Å². The minimum Gasteiger partial charge on any atom is -0.493 e. The highest BCUT2D eigenvalue weighted by Crippen LogP contribution is 2.40. The number of nitrogens with zero attached hydrogens (tertiary/aromatic N) is 1. The molecule has 0 spiro atoms. The molecule has 0 saturated heterocycles. The summed E-state index contributed by atoms with van der Waals surface area (Å²) in [5.41, 5.74) is 2.31. The van der Waals surface area contributed by atoms with Crippen molar-refractivity contribution >= 4 is 10.0 Å². The molecule has 8 heteroatoms. The van der Waals surface area contributed by atoms with Crippen LogP contribution in [0.3, 0.4) is 0 Å². The average Bonchev–Trinajstić information content (AvgIpc) is 3.15. The molecule has 1 aromatic carbocycles. The number of sulfonamides is 1. The zero-order chi connectivity index (χ0) is 18.5. The molecule has 1 aromatic heterocycles. The summed E-state index contributed by atoms with van der Waals surface area (Å²) in [5.74, 6) is 1.17. The van der Waals surface area contributed by atoms with Crippen molar-refractivity contribution in [3.63, 3.8) is 0 Å². The van der Waals surface area contributed by atoms with Crippen LogP contribution < -0.4 is 9.46 Å². The summed E-state index contributed by atoms with van der Waals surface area (Å²) in [7, 11) is -3.80. The van der Waals surface area contributed by atoms with Gasteiger partial charge in [-0.3, -0.25) is 0 Å². The Labute approximate surface area is 152 Å². The molecule has 2 heterocycles. The molecule has 2 aromatic rings. The van der Waals surface area contributed by atoms with Crippen molar-refractivity contribution in [2.75, 3.05) is 6.61 Å². The van der Waals surface area contributed by atoms with E-state index in [9.17, 15) is 13.5 Å².